The van der Waals surface area contributed by atoms with Gasteiger partial charge in [0.15, 0.2) is 0 Å². The van der Waals surface area contributed by atoms with Crippen LogP contribution in [0.15, 0.2) is 60.7 Å². The van der Waals surface area contributed by atoms with Crippen molar-refractivity contribution >= 4 is 43.1 Å². The molecule has 2 nitrogen and oxygen atoms in total. The molecule has 1 N–H and O–H groups in total. The third-order valence-corrected chi connectivity index (χ3v) is 5.05. The van der Waals surface area contributed by atoms with Gasteiger partial charge in [-0.2, -0.15) is 0 Å². The lowest BCUT2D eigenvalue weighted by atomic mass is 9.90. The fraction of sp³-hybridized carbons (Fsp3) is 0.130. The van der Waals surface area contributed by atoms with E-state index in [0.717, 1.165) is 39.1 Å². The van der Waals surface area contributed by atoms with Crippen molar-refractivity contribution in [3.05, 3.63) is 60.7 Å². The molecule has 0 fully saturated rings. The lowest BCUT2D eigenvalue weighted by Crippen LogP contribution is -1.98. The van der Waals surface area contributed by atoms with Gasteiger partial charge in [0.1, 0.15) is 11.5 Å². The Labute approximate surface area is 145 Å². The summed E-state index contributed by atoms with van der Waals surface area (Å²) in [6.45, 7) is 2.81. The highest BCUT2D eigenvalue weighted by molar-refractivity contribution is 6.31. The summed E-state index contributed by atoms with van der Waals surface area (Å²) in [5.74, 6) is 1.27. The number of benzene rings is 5. The van der Waals surface area contributed by atoms with Gasteiger partial charge in [-0.1, -0.05) is 49.4 Å². The zero-order valence-electron chi connectivity index (χ0n) is 14.0. The number of ether oxygens (including phenoxy) is 1. The molecule has 0 bridgehead atoms. The first-order chi connectivity index (χ1) is 12.3. The summed E-state index contributed by atoms with van der Waals surface area (Å²) in [6.07, 6.45) is 0.969. The Bertz CT molecular complexity index is 1240. The molecule has 0 spiro atoms. The van der Waals surface area contributed by atoms with Gasteiger partial charge in [0, 0.05) is 26.9 Å². The second-order valence-corrected chi connectivity index (χ2v) is 6.55. The zero-order chi connectivity index (χ0) is 17.0. The molecule has 5 aromatic rings. The molecule has 0 aliphatic heterocycles. The second-order valence-electron chi connectivity index (χ2n) is 6.55. The Balaban J connectivity index is 2.08. The van der Waals surface area contributed by atoms with Gasteiger partial charge in [0.25, 0.3) is 0 Å². The van der Waals surface area contributed by atoms with Crippen LogP contribution in [-0.4, -0.2) is 11.7 Å². The molecule has 0 aliphatic rings. The number of phenols is 1. The number of rotatable bonds is 3. The highest BCUT2D eigenvalue weighted by atomic mass is 16.5. The van der Waals surface area contributed by atoms with Crippen LogP contribution < -0.4 is 4.74 Å². The molecule has 0 amide bonds. The van der Waals surface area contributed by atoms with Gasteiger partial charge >= 0.3 is 0 Å². The summed E-state index contributed by atoms with van der Waals surface area (Å²) >= 11 is 0. The van der Waals surface area contributed by atoms with E-state index in [9.17, 15) is 5.11 Å². The number of hydrogen-bond donors (Lipinski definition) is 1. The van der Waals surface area contributed by atoms with Gasteiger partial charge in [-0.25, -0.2) is 0 Å². The van der Waals surface area contributed by atoms with E-state index in [4.69, 9.17) is 4.74 Å². The maximum atomic E-state index is 10.3. The van der Waals surface area contributed by atoms with Gasteiger partial charge in [-0.05, 0) is 40.8 Å². The third-order valence-electron chi connectivity index (χ3n) is 5.05. The van der Waals surface area contributed by atoms with E-state index in [-0.39, 0.29) is 0 Å². The van der Waals surface area contributed by atoms with Crippen LogP contribution in [0, 0.1) is 0 Å². The molecule has 2 heteroatoms. The van der Waals surface area contributed by atoms with E-state index in [1.54, 1.807) is 6.07 Å². The van der Waals surface area contributed by atoms with Crippen LogP contribution in [0.4, 0.5) is 0 Å². The topological polar surface area (TPSA) is 29.5 Å². The Morgan fingerprint density at radius 2 is 1.44 bits per heavy atom. The van der Waals surface area contributed by atoms with Gasteiger partial charge in [0.05, 0.1) is 6.61 Å². The summed E-state index contributed by atoms with van der Waals surface area (Å²) < 4.78 is 6.19. The van der Waals surface area contributed by atoms with E-state index in [1.807, 2.05) is 12.1 Å². The highest BCUT2D eigenvalue weighted by Gasteiger charge is 2.17. The minimum Gasteiger partial charge on any atom is -0.507 e. The molecule has 122 valence electrons. The van der Waals surface area contributed by atoms with Crippen LogP contribution in [0.3, 0.4) is 0 Å². The molecule has 0 aliphatic carbocycles. The fourth-order valence-electron chi connectivity index (χ4n) is 3.97. The SMILES string of the molecule is CCCOc1c2ccccc2c2ccc3c(O)ccc4ccc1c2c43. The minimum atomic E-state index is 0.325. The highest BCUT2D eigenvalue weighted by Crippen LogP contribution is 2.45. The number of hydrogen-bond acceptors (Lipinski definition) is 2. The molecule has 0 atom stereocenters. The summed E-state index contributed by atoms with van der Waals surface area (Å²) in [5, 5.41) is 19.3. The van der Waals surface area contributed by atoms with Gasteiger partial charge in [0.2, 0.25) is 0 Å². The predicted molar refractivity (Wildman–Crippen MR) is 105 cm³/mol. The van der Waals surface area contributed by atoms with Crippen LogP contribution >= 0.6 is 0 Å². The molecule has 0 unspecified atom stereocenters. The molecule has 0 aromatic heterocycles. The van der Waals surface area contributed by atoms with Crippen molar-refractivity contribution in [2.75, 3.05) is 6.61 Å². The van der Waals surface area contributed by atoms with E-state index >= 15 is 0 Å². The quantitative estimate of drug-likeness (QED) is 0.314. The normalized spacial score (nSPS) is 11.9. The van der Waals surface area contributed by atoms with Crippen molar-refractivity contribution in [1.29, 1.82) is 0 Å². The maximum absolute atomic E-state index is 10.3. The summed E-state index contributed by atoms with van der Waals surface area (Å²) in [6, 6.07) is 20.6. The minimum absolute atomic E-state index is 0.325. The van der Waals surface area contributed by atoms with Crippen LogP contribution in [0.25, 0.3) is 43.1 Å². The van der Waals surface area contributed by atoms with Gasteiger partial charge in [-0.3, -0.25) is 0 Å². The zero-order valence-corrected chi connectivity index (χ0v) is 14.0. The summed E-state index contributed by atoms with van der Waals surface area (Å²) in [7, 11) is 0. The van der Waals surface area contributed by atoms with Crippen LogP contribution in [0.1, 0.15) is 13.3 Å². The Morgan fingerprint density at radius 1 is 0.720 bits per heavy atom. The smallest absolute Gasteiger partial charge is 0.134 e. The Kier molecular flexibility index (Phi) is 3.01. The standard InChI is InChI=1S/C23H18O2/c1-2-13-25-23-17-6-4-3-5-15(17)16-10-11-18-20(24)12-8-14-7-9-19(23)22(16)21(14)18/h3-12,24H,2,13H2,1H3. The molecular weight excluding hydrogens is 308 g/mol. The summed E-state index contributed by atoms with van der Waals surface area (Å²) in [5.41, 5.74) is 0. The van der Waals surface area contributed by atoms with E-state index in [0.29, 0.717) is 12.4 Å². The first-order valence-electron chi connectivity index (χ1n) is 8.73. The first kappa shape index (κ1) is 14.4. The monoisotopic (exact) mass is 326 g/mol. The predicted octanol–water partition coefficient (Wildman–Crippen LogP) is 6.23. The molecule has 0 saturated heterocycles. The molecule has 0 saturated carbocycles. The first-order valence-corrected chi connectivity index (χ1v) is 8.73. The number of aromatic hydroxyl groups is 1. The van der Waals surface area contributed by atoms with E-state index in [1.165, 1.54) is 16.2 Å². The lowest BCUT2D eigenvalue weighted by molar-refractivity contribution is 0.325. The summed E-state index contributed by atoms with van der Waals surface area (Å²) in [4.78, 5) is 0. The largest absolute Gasteiger partial charge is 0.507 e. The molecule has 5 aromatic carbocycles. The molecule has 0 radical (unpaired) electrons. The van der Waals surface area contributed by atoms with E-state index < -0.39 is 0 Å². The second kappa shape index (κ2) is 5.25. The maximum Gasteiger partial charge on any atom is 0.134 e. The van der Waals surface area contributed by atoms with Crippen molar-refractivity contribution in [1.82, 2.24) is 0 Å². The molecule has 5 rings (SSSR count). The number of phenolic OH excluding ortho intramolecular Hbond substituents is 1. The van der Waals surface area contributed by atoms with Crippen molar-refractivity contribution in [3.63, 3.8) is 0 Å². The molecule has 25 heavy (non-hydrogen) atoms. The van der Waals surface area contributed by atoms with Crippen molar-refractivity contribution in [3.8, 4) is 11.5 Å². The van der Waals surface area contributed by atoms with E-state index in [2.05, 4.69) is 49.4 Å². The lowest BCUT2D eigenvalue weighted by Gasteiger charge is -2.18. The Morgan fingerprint density at radius 3 is 2.28 bits per heavy atom. The van der Waals surface area contributed by atoms with Gasteiger partial charge < -0.3 is 9.84 Å². The van der Waals surface area contributed by atoms with Crippen LogP contribution in [-0.2, 0) is 0 Å². The Hall–Kier alpha value is -3.00. The van der Waals surface area contributed by atoms with Crippen molar-refractivity contribution in [2.45, 2.75) is 13.3 Å². The van der Waals surface area contributed by atoms with Crippen molar-refractivity contribution < 1.29 is 9.84 Å². The van der Waals surface area contributed by atoms with Crippen molar-refractivity contribution in [2.24, 2.45) is 0 Å². The number of fused-ring (bicyclic) bond motifs is 2. The molecule has 0 heterocycles. The van der Waals surface area contributed by atoms with Crippen LogP contribution in [0.5, 0.6) is 11.5 Å². The average Bonchev–Trinajstić information content (AvgIpc) is 2.66. The van der Waals surface area contributed by atoms with Gasteiger partial charge in [-0.15, -0.1) is 0 Å². The fourth-order valence-corrected chi connectivity index (χ4v) is 3.97. The average molecular weight is 326 g/mol. The van der Waals surface area contributed by atoms with Crippen LogP contribution in [0.2, 0.25) is 0 Å². The third kappa shape index (κ3) is 1.91. The molecular formula is C23H18O2.